The number of benzene rings is 2. The lowest BCUT2D eigenvalue weighted by Gasteiger charge is -2.04. The van der Waals surface area contributed by atoms with Gasteiger partial charge in [0.05, 0.1) is 4.90 Å². The lowest BCUT2D eigenvalue weighted by molar-refractivity contribution is 0.584. The van der Waals surface area contributed by atoms with Crippen molar-refractivity contribution in [3.63, 3.8) is 0 Å². The third-order valence-corrected chi connectivity index (χ3v) is 3.63. The average Bonchev–Trinajstić information content (AvgIpc) is 2.40. The maximum atomic E-state index is 11.4. The highest BCUT2D eigenvalue weighted by atomic mass is 32.2. The molecule has 17 heavy (non-hydrogen) atoms. The molecule has 0 aromatic heterocycles. The Balaban J connectivity index is 2.38. The normalized spacial score (nSPS) is 11.4. The SMILES string of the molecule is NNS(=O)(=O)c1ccc(-c2ccccc2)cc1. The van der Waals surface area contributed by atoms with Gasteiger partial charge in [0.1, 0.15) is 0 Å². The highest BCUT2D eigenvalue weighted by molar-refractivity contribution is 7.89. The molecule has 4 nitrogen and oxygen atoms in total. The Morgan fingerprint density at radius 1 is 0.824 bits per heavy atom. The van der Waals surface area contributed by atoms with Gasteiger partial charge in [-0.2, -0.15) is 4.83 Å². The summed E-state index contributed by atoms with van der Waals surface area (Å²) >= 11 is 0. The Bertz CT molecular complexity index is 592. The van der Waals surface area contributed by atoms with Gasteiger partial charge in [-0.3, -0.25) is 5.84 Å². The Hall–Kier alpha value is -1.69. The van der Waals surface area contributed by atoms with Gasteiger partial charge in [0, 0.05) is 0 Å². The molecule has 3 N–H and O–H groups in total. The predicted octanol–water partition coefficient (Wildman–Crippen LogP) is 1.51. The summed E-state index contributed by atoms with van der Waals surface area (Å²) in [6, 6.07) is 16.3. The number of nitrogens with two attached hydrogens (primary N) is 1. The van der Waals surface area contributed by atoms with Crippen LogP contribution >= 0.6 is 0 Å². The number of hydrogen-bond donors (Lipinski definition) is 2. The Morgan fingerprint density at radius 3 is 1.88 bits per heavy atom. The first-order chi connectivity index (χ1) is 8.13. The summed E-state index contributed by atoms with van der Waals surface area (Å²) in [6.07, 6.45) is 0. The third-order valence-electron chi connectivity index (χ3n) is 2.43. The van der Waals surface area contributed by atoms with Crippen molar-refractivity contribution >= 4 is 10.0 Å². The number of sulfonamides is 1. The van der Waals surface area contributed by atoms with Crippen LogP contribution in [0.5, 0.6) is 0 Å². The van der Waals surface area contributed by atoms with E-state index in [2.05, 4.69) is 0 Å². The van der Waals surface area contributed by atoms with Crippen LogP contribution in [-0.2, 0) is 10.0 Å². The zero-order chi connectivity index (χ0) is 12.3. The largest absolute Gasteiger partial charge is 0.257 e. The molecule has 0 spiro atoms. The molecule has 0 amide bonds. The molecule has 0 radical (unpaired) electrons. The highest BCUT2D eigenvalue weighted by Crippen LogP contribution is 2.20. The molecule has 0 aliphatic rings. The molecule has 2 aromatic rings. The summed E-state index contributed by atoms with van der Waals surface area (Å²) in [7, 11) is -3.57. The monoisotopic (exact) mass is 248 g/mol. The van der Waals surface area contributed by atoms with Crippen molar-refractivity contribution in [1.29, 1.82) is 0 Å². The fraction of sp³-hybridized carbons (Fsp3) is 0. The van der Waals surface area contributed by atoms with Gasteiger partial charge >= 0.3 is 0 Å². The molecule has 0 saturated carbocycles. The molecule has 5 heteroatoms. The lowest BCUT2D eigenvalue weighted by atomic mass is 10.1. The first kappa shape index (κ1) is 11.8. The molecule has 0 unspecified atom stereocenters. The van der Waals surface area contributed by atoms with Crippen LogP contribution < -0.4 is 10.7 Å². The minimum Gasteiger partial charge on any atom is -0.257 e. The van der Waals surface area contributed by atoms with Gasteiger partial charge < -0.3 is 0 Å². The Labute approximate surface area is 100 Å². The van der Waals surface area contributed by atoms with E-state index in [0.29, 0.717) is 0 Å². The van der Waals surface area contributed by atoms with Crippen LogP contribution in [0.4, 0.5) is 0 Å². The van der Waals surface area contributed by atoms with Crippen LogP contribution in [-0.4, -0.2) is 8.42 Å². The van der Waals surface area contributed by atoms with Crippen LogP contribution in [0.3, 0.4) is 0 Å². The summed E-state index contributed by atoms with van der Waals surface area (Å²) in [4.78, 5) is 1.94. The van der Waals surface area contributed by atoms with Crippen molar-refractivity contribution < 1.29 is 8.42 Å². The molecule has 0 aliphatic heterocycles. The van der Waals surface area contributed by atoms with Gasteiger partial charge in [0.15, 0.2) is 0 Å². The average molecular weight is 248 g/mol. The van der Waals surface area contributed by atoms with Crippen molar-refractivity contribution in [2.24, 2.45) is 5.84 Å². The summed E-state index contributed by atoms with van der Waals surface area (Å²) in [6.45, 7) is 0. The van der Waals surface area contributed by atoms with Crippen LogP contribution in [0.2, 0.25) is 0 Å². The molecule has 0 heterocycles. The second-order valence-corrected chi connectivity index (χ2v) is 5.23. The van der Waals surface area contributed by atoms with E-state index in [1.165, 1.54) is 12.1 Å². The predicted molar refractivity (Wildman–Crippen MR) is 66.4 cm³/mol. The van der Waals surface area contributed by atoms with E-state index in [-0.39, 0.29) is 4.90 Å². The summed E-state index contributed by atoms with van der Waals surface area (Å²) in [5, 5.41) is 0. The number of hydrazine groups is 1. The first-order valence-corrected chi connectivity index (χ1v) is 6.50. The Morgan fingerprint density at radius 2 is 1.35 bits per heavy atom. The smallest absolute Gasteiger partial charge is 0.253 e. The second-order valence-electron chi connectivity index (χ2n) is 3.51. The minimum atomic E-state index is -3.57. The second kappa shape index (κ2) is 4.67. The third kappa shape index (κ3) is 2.52. The van der Waals surface area contributed by atoms with E-state index in [1.807, 2.05) is 30.3 Å². The lowest BCUT2D eigenvalue weighted by Crippen LogP contribution is -2.30. The van der Waals surface area contributed by atoms with Gasteiger partial charge in [-0.1, -0.05) is 42.5 Å². The standard InChI is InChI=1S/C12H12N2O2S/c13-14-17(15,16)12-8-6-11(7-9-12)10-4-2-1-3-5-10/h1-9,14H,13H2. The zero-order valence-corrected chi connectivity index (χ0v) is 9.81. The molecule has 0 atom stereocenters. The van der Waals surface area contributed by atoms with E-state index in [0.717, 1.165) is 11.1 Å². The highest BCUT2D eigenvalue weighted by Gasteiger charge is 2.10. The summed E-state index contributed by atoms with van der Waals surface area (Å²) in [5.41, 5.74) is 2.00. The fourth-order valence-electron chi connectivity index (χ4n) is 1.53. The van der Waals surface area contributed by atoms with Crippen LogP contribution in [0, 0.1) is 0 Å². The first-order valence-electron chi connectivity index (χ1n) is 5.01. The minimum absolute atomic E-state index is 0.152. The van der Waals surface area contributed by atoms with Gasteiger partial charge in [-0.15, -0.1) is 0 Å². The van der Waals surface area contributed by atoms with E-state index in [4.69, 9.17) is 5.84 Å². The molecular formula is C12H12N2O2S. The van der Waals surface area contributed by atoms with Gasteiger partial charge in [-0.05, 0) is 23.3 Å². The number of hydrogen-bond acceptors (Lipinski definition) is 3. The Kier molecular flexibility index (Phi) is 3.23. The summed E-state index contributed by atoms with van der Waals surface area (Å²) in [5.74, 6) is 4.95. The molecular weight excluding hydrogens is 236 g/mol. The fourth-order valence-corrected chi connectivity index (χ4v) is 2.16. The molecule has 88 valence electrons. The van der Waals surface area contributed by atoms with E-state index < -0.39 is 10.0 Å². The van der Waals surface area contributed by atoms with Crippen LogP contribution in [0.25, 0.3) is 11.1 Å². The maximum absolute atomic E-state index is 11.4. The van der Waals surface area contributed by atoms with Crippen molar-refractivity contribution in [2.45, 2.75) is 4.90 Å². The quantitative estimate of drug-likeness (QED) is 0.638. The number of rotatable bonds is 3. The van der Waals surface area contributed by atoms with Crippen LogP contribution in [0.15, 0.2) is 59.5 Å². The molecule has 0 saturated heterocycles. The maximum Gasteiger partial charge on any atom is 0.253 e. The molecule has 0 fully saturated rings. The van der Waals surface area contributed by atoms with Crippen molar-refractivity contribution in [2.75, 3.05) is 0 Å². The van der Waals surface area contributed by atoms with E-state index in [1.54, 1.807) is 17.0 Å². The molecule has 2 rings (SSSR count). The molecule has 0 bridgehead atoms. The van der Waals surface area contributed by atoms with Gasteiger partial charge in [-0.25, -0.2) is 8.42 Å². The molecule has 2 aromatic carbocycles. The van der Waals surface area contributed by atoms with Crippen molar-refractivity contribution in [1.82, 2.24) is 4.83 Å². The van der Waals surface area contributed by atoms with E-state index in [9.17, 15) is 8.42 Å². The van der Waals surface area contributed by atoms with Crippen molar-refractivity contribution in [3.05, 3.63) is 54.6 Å². The molecule has 0 aliphatic carbocycles. The number of nitrogens with one attached hydrogen (secondary N) is 1. The zero-order valence-electron chi connectivity index (χ0n) is 9.00. The topological polar surface area (TPSA) is 72.2 Å². The summed E-state index contributed by atoms with van der Waals surface area (Å²) < 4.78 is 22.8. The van der Waals surface area contributed by atoms with E-state index >= 15 is 0 Å². The van der Waals surface area contributed by atoms with Crippen LogP contribution in [0.1, 0.15) is 0 Å². The van der Waals surface area contributed by atoms with Gasteiger partial charge in [0.2, 0.25) is 0 Å². The van der Waals surface area contributed by atoms with Gasteiger partial charge in [0.25, 0.3) is 10.0 Å². The van der Waals surface area contributed by atoms with Crippen molar-refractivity contribution in [3.8, 4) is 11.1 Å².